The van der Waals surface area contributed by atoms with Crippen LogP contribution in [0.15, 0.2) is 84.1 Å². The molecule has 0 bridgehead atoms. The minimum atomic E-state index is -3.77. The van der Waals surface area contributed by atoms with E-state index in [1.54, 1.807) is 17.1 Å². The molecule has 0 saturated carbocycles. The van der Waals surface area contributed by atoms with Crippen LogP contribution in [-0.4, -0.2) is 34.4 Å². The summed E-state index contributed by atoms with van der Waals surface area (Å²) in [5.41, 5.74) is 2.80. The van der Waals surface area contributed by atoms with Gasteiger partial charge in [-0.3, -0.25) is 15.1 Å². The fourth-order valence-electron chi connectivity index (χ4n) is 3.35. The molecule has 0 saturated heterocycles. The van der Waals surface area contributed by atoms with Crippen molar-refractivity contribution < 1.29 is 13.3 Å². The first-order valence-corrected chi connectivity index (χ1v) is 11.5. The van der Waals surface area contributed by atoms with Crippen molar-refractivity contribution in [3.8, 4) is 16.9 Å². The number of benzene rings is 2. The Hall–Kier alpha value is -4.05. The van der Waals surface area contributed by atoms with Crippen LogP contribution in [0.1, 0.15) is 5.56 Å². The van der Waals surface area contributed by atoms with Gasteiger partial charge in [0, 0.05) is 42.5 Å². The van der Waals surface area contributed by atoms with Crippen LogP contribution in [0.2, 0.25) is 0 Å². The Balaban J connectivity index is 1.74. The van der Waals surface area contributed by atoms with Gasteiger partial charge in [-0.2, -0.15) is 5.10 Å². The second-order valence-electron chi connectivity index (χ2n) is 7.05. The summed E-state index contributed by atoms with van der Waals surface area (Å²) in [6.45, 7) is 0.193. The molecular formula is C22H19N5O4S. The van der Waals surface area contributed by atoms with Gasteiger partial charge < -0.3 is 5.32 Å². The van der Waals surface area contributed by atoms with E-state index in [9.17, 15) is 18.5 Å². The predicted molar refractivity (Wildman–Crippen MR) is 120 cm³/mol. The largest absolute Gasteiger partial charge is 0.375 e. The number of nitro groups is 1. The normalized spacial score (nSPS) is 11.3. The maximum atomic E-state index is 12.0. The molecule has 162 valence electrons. The van der Waals surface area contributed by atoms with E-state index >= 15 is 0 Å². The number of anilines is 1. The number of nitro benzene ring substituents is 1. The SMILES string of the molecule is CS(=O)(=O)c1cccc(NCc2cn(-c3ccccc3)nc2-c2ccncc2)c1[N+](=O)[O-]. The summed E-state index contributed by atoms with van der Waals surface area (Å²) in [7, 11) is -3.77. The highest BCUT2D eigenvalue weighted by atomic mass is 32.2. The molecule has 0 aliphatic rings. The lowest BCUT2D eigenvalue weighted by Crippen LogP contribution is -2.08. The van der Waals surface area contributed by atoms with Gasteiger partial charge in [-0.25, -0.2) is 13.1 Å². The Kier molecular flexibility index (Phi) is 5.69. The molecule has 32 heavy (non-hydrogen) atoms. The molecule has 10 heteroatoms. The lowest BCUT2D eigenvalue weighted by atomic mass is 10.1. The highest BCUT2D eigenvalue weighted by molar-refractivity contribution is 7.90. The summed E-state index contributed by atoms with van der Waals surface area (Å²) >= 11 is 0. The molecule has 4 rings (SSSR count). The molecule has 4 aromatic rings. The molecule has 0 spiro atoms. The molecular weight excluding hydrogens is 430 g/mol. The fourth-order valence-corrected chi connectivity index (χ4v) is 4.21. The van der Waals surface area contributed by atoms with Gasteiger partial charge in [-0.05, 0) is 36.4 Å². The average molecular weight is 449 g/mol. The molecule has 0 radical (unpaired) electrons. The van der Waals surface area contributed by atoms with Crippen LogP contribution in [0.4, 0.5) is 11.4 Å². The zero-order valence-corrected chi connectivity index (χ0v) is 17.9. The Labute approximate surface area is 184 Å². The van der Waals surface area contributed by atoms with E-state index in [2.05, 4.69) is 10.3 Å². The molecule has 9 nitrogen and oxygen atoms in total. The van der Waals surface area contributed by atoms with Crippen molar-refractivity contribution >= 4 is 21.2 Å². The first-order valence-electron chi connectivity index (χ1n) is 9.60. The number of rotatable bonds is 7. The number of hydrogen-bond acceptors (Lipinski definition) is 7. The summed E-state index contributed by atoms with van der Waals surface area (Å²) in [6, 6.07) is 17.4. The van der Waals surface area contributed by atoms with Crippen LogP contribution < -0.4 is 5.32 Å². The van der Waals surface area contributed by atoms with E-state index in [1.807, 2.05) is 48.7 Å². The van der Waals surface area contributed by atoms with E-state index < -0.39 is 20.4 Å². The van der Waals surface area contributed by atoms with Crippen molar-refractivity contribution in [2.45, 2.75) is 11.4 Å². The molecule has 2 aromatic carbocycles. The van der Waals surface area contributed by atoms with Crippen molar-refractivity contribution in [3.05, 3.63) is 94.9 Å². The third-order valence-electron chi connectivity index (χ3n) is 4.81. The summed E-state index contributed by atoms with van der Waals surface area (Å²) in [4.78, 5) is 14.7. The van der Waals surface area contributed by atoms with Gasteiger partial charge in [-0.1, -0.05) is 24.3 Å². The standard InChI is InChI=1S/C22H19N5O4S/c1-32(30,31)20-9-5-8-19(22(20)27(28)29)24-14-17-15-26(18-6-3-2-4-7-18)25-21(17)16-10-12-23-13-11-16/h2-13,15,24H,14H2,1H3. The molecule has 0 unspecified atom stereocenters. The van der Waals surface area contributed by atoms with Crippen LogP contribution in [0, 0.1) is 10.1 Å². The number of aromatic nitrogens is 3. The number of hydrogen-bond donors (Lipinski definition) is 1. The van der Waals surface area contributed by atoms with Gasteiger partial charge >= 0.3 is 5.69 Å². The molecule has 0 aliphatic carbocycles. The van der Waals surface area contributed by atoms with E-state index in [0.717, 1.165) is 23.1 Å². The number of sulfone groups is 1. The zero-order chi connectivity index (χ0) is 22.7. The van der Waals surface area contributed by atoms with Gasteiger partial charge in [-0.15, -0.1) is 0 Å². The van der Waals surface area contributed by atoms with Crippen molar-refractivity contribution in [2.75, 3.05) is 11.6 Å². The molecule has 1 N–H and O–H groups in total. The molecule has 0 fully saturated rings. The van der Waals surface area contributed by atoms with Crippen molar-refractivity contribution in [1.82, 2.24) is 14.8 Å². The van der Waals surface area contributed by atoms with Gasteiger partial charge in [0.1, 0.15) is 10.6 Å². The van der Waals surface area contributed by atoms with Crippen LogP contribution >= 0.6 is 0 Å². The van der Waals surface area contributed by atoms with Crippen LogP contribution in [0.25, 0.3) is 16.9 Å². The van der Waals surface area contributed by atoms with Gasteiger partial charge in [0.15, 0.2) is 9.84 Å². The van der Waals surface area contributed by atoms with Crippen LogP contribution in [0.5, 0.6) is 0 Å². The molecule has 2 aromatic heterocycles. The molecule has 2 heterocycles. The third kappa shape index (κ3) is 4.35. The molecule has 0 amide bonds. The van der Waals surface area contributed by atoms with Crippen molar-refractivity contribution in [1.29, 1.82) is 0 Å². The van der Waals surface area contributed by atoms with E-state index in [-0.39, 0.29) is 17.1 Å². The highest BCUT2D eigenvalue weighted by Gasteiger charge is 2.26. The quantitative estimate of drug-likeness (QED) is 0.336. The number of nitrogens with zero attached hydrogens (tertiary/aromatic N) is 4. The van der Waals surface area contributed by atoms with E-state index in [0.29, 0.717) is 5.69 Å². The maximum Gasteiger partial charge on any atom is 0.310 e. The average Bonchev–Trinajstić information content (AvgIpc) is 3.22. The Morgan fingerprint density at radius 1 is 1.03 bits per heavy atom. The van der Waals surface area contributed by atoms with Gasteiger partial charge in [0.25, 0.3) is 0 Å². The highest BCUT2D eigenvalue weighted by Crippen LogP contribution is 2.33. The zero-order valence-electron chi connectivity index (χ0n) is 17.0. The summed E-state index contributed by atoms with van der Waals surface area (Å²) in [5, 5.41) is 19.4. The Bertz CT molecular complexity index is 1370. The second kappa shape index (κ2) is 8.60. The minimum Gasteiger partial charge on any atom is -0.375 e. The Morgan fingerprint density at radius 3 is 2.41 bits per heavy atom. The Morgan fingerprint density at radius 2 is 1.75 bits per heavy atom. The fraction of sp³-hybridized carbons (Fsp3) is 0.0909. The number of nitrogens with one attached hydrogen (secondary N) is 1. The van der Waals surface area contributed by atoms with Gasteiger partial charge in [0.05, 0.1) is 16.3 Å². The summed E-state index contributed by atoms with van der Waals surface area (Å²) < 4.78 is 25.8. The topological polar surface area (TPSA) is 120 Å². The van der Waals surface area contributed by atoms with Gasteiger partial charge in [0.2, 0.25) is 0 Å². The van der Waals surface area contributed by atoms with Crippen molar-refractivity contribution in [3.63, 3.8) is 0 Å². The summed E-state index contributed by atoms with van der Waals surface area (Å²) in [6.07, 6.45) is 6.11. The van der Waals surface area contributed by atoms with Crippen molar-refractivity contribution in [2.24, 2.45) is 0 Å². The second-order valence-corrected chi connectivity index (χ2v) is 9.04. The molecule has 0 aliphatic heterocycles. The maximum absolute atomic E-state index is 12.0. The smallest absolute Gasteiger partial charge is 0.310 e. The monoisotopic (exact) mass is 449 g/mol. The lowest BCUT2D eigenvalue weighted by Gasteiger charge is -2.09. The minimum absolute atomic E-state index is 0.117. The summed E-state index contributed by atoms with van der Waals surface area (Å²) in [5.74, 6) is 0. The number of para-hydroxylation sites is 2. The lowest BCUT2D eigenvalue weighted by molar-refractivity contribution is -0.386. The first-order chi connectivity index (χ1) is 15.3. The van der Waals surface area contributed by atoms with E-state index in [4.69, 9.17) is 5.10 Å². The molecule has 0 atom stereocenters. The first kappa shape index (κ1) is 21.2. The van der Waals surface area contributed by atoms with Crippen LogP contribution in [0.3, 0.4) is 0 Å². The van der Waals surface area contributed by atoms with Crippen LogP contribution in [-0.2, 0) is 16.4 Å². The van der Waals surface area contributed by atoms with E-state index in [1.165, 1.54) is 18.2 Å². The third-order valence-corrected chi connectivity index (χ3v) is 5.94. The predicted octanol–water partition coefficient (Wildman–Crippen LogP) is 3.86. The number of pyridine rings is 1.